The summed E-state index contributed by atoms with van der Waals surface area (Å²) in [7, 11) is 7.36. The second kappa shape index (κ2) is 15.9. The fourth-order valence-corrected chi connectivity index (χ4v) is 10.6. The normalized spacial score (nSPS) is 18.6. The largest absolute Gasteiger partial charge is 0.354 e. The molecule has 0 saturated heterocycles. The van der Waals surface area contributed by atoms with Crippen LogP contribution in [0.3, 0.4) is 0 Å². The minimum atomic E-state index is 0.678. The molecule has 0 bridgehead atoms. The van der Waals surface area contributed by atoms with Gasteiger partial charge in [0.1, 0.15) is 8.64 Å². The Labute approximate surface area is 206 Å². The molecular weight excluding hydrogens is 473 g/mol. The third-order valence-corrected chi connectivity index (χ3v) is 12.5. The van der Waals surface area contributed by atoms with Gasteiger partial charge in [-0.2, -0.15) is 0 Å². The van der Waals surface area contributed by atoms with Crippen LogP contribution in [0.5, 0.6) is 0 Å². The lowest BCUT2D eigenvalue weighted by atomic mass is 9.94. The van der Waals surface area contributed by atoms with Crippen LogP contribution in [0.15, 0.2) is 0 Å². The molecule has 0 aromatic carbocycles. The molecule has 0 aromatic heterocycles. The van der Waals surface area contributed by atoms with Crippen molar-refractivity contribution in [2.45, 2.75) is 103 Å². The van der Waals surface area contributed by atoms with E-state index in [2.05, 4.69) is 23.6 Å². The van der Waals surface area contributed by atoms with E-state index in [1.54, 1.807) is 21.6 Å². The predicted octanol–water partition coefficient (Wildman–Crippen LogP) is 8.37. The molecule has 0 aliphatic heterocycles. The van der Waals surface area contributed by atoms with Gasteiger partial charge in [0.15, 0.2) is 0 Å². The zero-order valence-corrected chi connectivity index (χ0v) is 23.0. The van der Waals surface area contributed by atoms with Crippen molar-refractivity contribution in [3.63, 3.8) is 0 Å². The first-order chi connectivity index (χ1) is 14.2. The van der Waals surface area contributed by atoms with Gasteiger partial charge in [-0.1, -0.05) is 98.4 Å². The summed E-state index contributed by atoms with van der Waals surface area (Å²) in [5, 5.41) is 1.02. The van der Waals surface area contributed by atoms with E-state index in [0.717, 1.165) is 26.8 Å². The summed E-state index contributed by atoms with van der Waals surface area (Å²) >= 11 is 11.6. The van der Waals surface area contributed by atoms with Crippen molar-refractivity contribution in [2.75, 3.05) is 18.2 Å². The highest BCUT2D eigenvalue weighted by molar-refractivity contribution is 8.91. The SMILES string of the molecule is CCCN(C(=S)SSCSSC(=S)N(CCC)C1CCCCC1)C1CCCCC1. The number of hydrogen-bond donors (Lipinski definition) is 0. The fourth-order valence-electron chi connectivity index (χ4n) is 4.38. The van der Waals surface area contributed by atoms with Crippen LogP contribution in [0.4, 0.5) is 0 Å². The van der Waals surface area contributed by atoms with Crippen molar-refractivity contribution in [3.05, 3.63) is 0 Å². The third kappa shape index (κ3) is 9.68. The average Bonchev–Trinajstić information content (AvgIpc) is 2.76. The topological polar surface area (TPSA) is 6.48 Å². The van der Waals surface area contributed by atoms with E-state index in [4.69, 9.17) is 24.4 Å². The van der Waals surface area contributed by atoms with Crippen LogP contribution in [0.25, 0.3) is 0 Å². The van der Waals surface area contributed by atoms with Gasteiger partial charge in [0.2, 0.25) is 0 Å². The van der Waals surface area contributed by atoms with E-state index >= 15 is 0 Å². The maximum absolute atomic E-state index is 5.80. The molecule has 0 aromatic rings. The molecule has 0 spiro atoms. The van der Waals surface area contributed by atoms with E-state index in [9.17, 15) is 0 Å². The number of nitrogens with zero attached hydrogens (tertiary/aromatic N) is 2. The molecule has 0 unspecified atom stereocenters. The minimum Gasteiger partial charge on any atom is -0.354 e. The standard InChI is InChI=1S/C21H38N2S6/c1-3-15-22(18-11-7-5-8-12-18)20(24)28-26-17-27-29-21(25)23(16-4-2)19-13-9-6-10-14-19/h18-19H,3-17H2,1-2H3. The van der Waals surface area contributed by atoms with Gasteiger partial charge in [-0.15, -0.1) is 0 Å². The first kappa shape index (κ1) is 26.4. The first-order valence-electron chi connectivity index (χ1n) is 11.4. The number of hydrogen-bond acceptors (Lipinski definition) is 6. The van der Waals surface area contributed by atoms with Gasteiger partial charge in [0, 0.05) is 25.2 Å². The van der Waals surface area contributed by atoms with Crippen LogP contribution in [0.1, 0.15) is 90.9 Å². The van der Waals surface area contributed by atoms with Gasteiger partial charge in [-0.3, -0.25) is 0 Å². The van der Waals surface area contributed by atoms with Crippen LogP contribution in [-0.4, -0.2) is 48.7 Å². The molecule has 0 heterocycles. The molecule has 168 valence electrons. The van der Waals surface area contributed by atoms with Crippen molar-refractivity contribution in [2.24, 2.45) is 0 Å². The van der Waals surface area contributed by atoms with Gasteiger partial charge < -0.3 is 9.80 Å². The second-order valence-corrected chi connectivity index (χ2v) is 14.2. The van der Waals surface area contributed by atoms with Crippen LogP contribution in [-0.2, 0) is 0 Å². The summed E-state index contributed by atoms with van der Waals surface area (Å²) in [4.78, 5) is 5.03. The monoisotopic (exact) mass is 510 g/mol. The Bertz CT molecular complexity index is 436. The third-order valence-electron chi connectivity index (χ3n) is 5.79. The molecule has 2 fully saturated rings. The van der Waals surface area contributed by atoms with Crippen LogP contribution in [0, 0.1) is 0 Å². The lowest BCUT2D eigenvalue weighted by Gasteiger charge is -2.35. The van der Waals surface area contributed by atoms with Gasteiger partial charge in [0.25, 0.3) is 0 Å². The molecule has 29 heavy (non-hydrogen) atoms. The molecule has 2 saturated carbocycles. The quantitative estimate of drug-likeness (QED) is 0.123. The lowest BCUT2D eigenvalue weighted by Crippen LogP contribution is -2.39. The highest BCUT2D eigenvalue weighted by Crippen LogP contribution is 2.37. The zero-order valence-electron chi connectivity index (χ0n) is 18.1. The maximum Gasteiger partial charge on any atom is 0.147 e. The molecule has 2 nitrogen and oxygen atoms in total. The molecule has 0 atom stereocenters. The molecule has 0 N–H and O–H groups in total. The van der Waals surface area contributed by atoms with Crippen LogP contribution < -0.4 is 0 Å². The summed E-state index contributed by atoms with van der Waals surface area (Å²) in [6.45, 7) is 6.74. The van der Waals surface area contributed by atoms with Crippen molar-refractivity contribution >= 4 is 76.3 Å². The highest BCUT2D eigenvalue weighted by atomic mass is 33.1. The van der Waals surface area contributed by atoms with E-state index < -0.39 is 0 Å². The smallest absolute Gasteiger partial charge is 0.147 e. The molecule has 2 aliphatic rings. The van der Waals surface area contributed by atoms with E-state index in [0.29, 0.717) is 12.1 Å². The van der Waals surface area contributed by atoms with E-state index in [-0.39, 0.29) is 0 Å². The molecular formula is C21H38N2S6. The van der Waals surface area contributed by atoms with Crippen molar-refractivity contribution in [1.29, 1.82) is 0 Å². The molecule has 2 rings (SSSR count). The van der Waals surface area contributed by atoms with Gasteiger partial charge >= 0.3 is 0 Å². The Morgan fingerprint density at radius 2 is 1.07 bits per heavy atom. The highest BCUT2D eigenvalue weighted by Gasteiger charge is 2.24. The van der Waals surface area contributed by atoms with Gasteiger partial charge in [-0.05, 0) is 60.1 Å². The number of rotatable bonds is 10. The van der Waals surface area contributed by atoms with E-state index in [1.807, 2.05) is 21.6 Å². The summed E-state index contributed by atoms with van der Waals surface area (Å²) < 4.78 is 2.18. The number of thiocarbonyl (C=S) groups is 2. The second-order valence-electron chi connectivity index (χ2n) is 8.02. The molecule has 8 heteroatoms. The summed E-state index contributed by atoms with van der Waals surface area (Å²) in [6.07, 6.45) is 15.9. The summed E-state index contributed by atoms with van der Waals surface area (Å²) in [5.41, 5.74) is 0. The predicted molar refractivity (Wildman–Crippen MR) is 148 cm³/mol. The minimum absolute atomic E-state index is 0.678. The van der Waals surface area contributed by atoms with Crippen LogP contribution >= 0.6 is 67.6 Å². The van der Waals surface area contributed by atoms with Crippen LogP contribution in [0.2, 0.25) is 0 Å². The fraction of sp³-hybridized carbons (Fsp3) is 0.905. The van der Waals surface area contributed by atoms with Crippen molar-refractivity contribution < 1.29 is 0 Å². The average molecular weight is 511 g/mol. The lowest BCUT2D eigenvalue weighted by molar-refractivity contribution is 0.251. The summed E-state index contributed by atoms with van der Waals surface area (Å²) in [6, 6.07) is 1.36. The van der Waals surface area contributed by atoms with Gasteiger partial charge in [-0.25, -0.2) is 0 Å². The van der Waals surface area contributed by atoms with Crippen molar-refractivity contribution in [1.82, 2.24) is 9.80 Å². The molecule has 0 radical (unpaired) electrons. The summed E-state index contributed by atoms with van der Waals surface area (Å²) in [5.74, 6) is 0. The Kier molecular flexibility index (Phi) is 14.5. The Morgan fingerprint density at radius 3 is 1.41 bits per heavy atom. The van der Waals surface area contributed by atoms with Crippen molar-refractivity contribution in [3.8, 4) is 0 Å². The zero-order chi connectivity index (χ0) is 20.9. The molecule has 2 aliphatic carbocycles. The Morgan fingerprint density at radius 1 is 0.690 bits per heavy atom. The Balaban J connectivity index is 1.68. The van der Waals surface area contributed by atoms with E-state index in [1.165, 1.54) is 77.0 Å². The molecule has 0 amide bonds. The van der Waals surface area contributed by atoms with Gasteiger partial charge in [0.05, 0.1) is 5.08 Å². The first-order valence-corrected chi connectivity index (χ1v) is 16.8. The maximum atomic E-state index is 5.80. The Hall–Kier alpha value is 1.18.